The first kappa shape index (κ1) is 22.0. The van der Waals surface area contributed by atoms with E-state index < -0.39 is 0 Å². The van der Waals surface area contributed by atoms with E-state index in [1.807, 2.05) is 55.5 Å². The van der Waals surface area contributed by atoms with Crippen molar-refractivity contribution in [3.05, 3.63) is 80.2 Å². The first-order valence-electron chi connectivity index (χ1n) is 9.87. The molecule has 2 aromatic carbocycles. The molecule has 156 valence electrons. The second kappa shape index (κ2) is 10.9. The summed E-state index contributed by atoms with van der Waals surface area (Å²) in [7, 11) is 0. The molecule has 30 heavy (non-hydrogen) atoms. The normalized spacial score (nSPS) is 10.6. The first-order chi connectivity index (χ1) is 14.5. The van der Waals surface area contributed by atoms with Crippen LogP contribution in [0.2, 0.25) is 0 Å². The standard InChI is InChI=1S/C23H24IN3O3/c1-2-30-20-11-7-18(8-12-20)21-13-14-23(29)27(26-21)15-3-4-22(28)25-16-17-5-9-19(24)10-6-17/h5-14H,2-4,15-16H2,1H3,(H,25,28). The number of ether oxygens (including phenoxy) is 1. The number of nitrogens with zero attached hydrogens (tertiary/aromatic N) is 2. The van der Waals surface area contributed by atoms with Crippen LogP contribution >= 0.6 is 22.6 Å². The van der Waals surface area contributed by atoms with Gasteiger partial charge in [0.15, 0.2) is 0 Å². The highest BCUT2D eigenvalue weighted by atomic mass is 127. The average Bonchev–Trinajstić information content (AvgIpc) is 2.75. The van der Waals surface area contributed by atoms with Crippen LogP contribution in [0.25, 0.3) is 11.3 Å². The number of hydrogen-bond donors (Lipinski definition) is 1. The minimum atomic E-state index is -0.177. The van der Waals surface area contributed by atoms with E-state index in [4.69, 9.17) is 4.74 Å². The molecule has 1 aromatic heterocycles. The van der Waals surface area contributed by atoms with Crippen LogP contribution in [-0.4, -0.2) is 22.3 Å². The van der Waals surface area contributed by atoms with Gasteiger partial charge in [0.25, 0.3) is 5.56 Å². The van der Waals surface area contributed by atoms with E-state index in [1.54, 1.807) is 6.07 Å². The zero-order chi connectivity index (χ0) is 21.3. The molecular formula is C23H24IN3O3. The fourth-order valence-electron chi connectivity index (χ4n) is 2.93. The molecule has 3 rings (SSSR count). The maximum Gasteiger partial charge on any atom is 0.266 e. The lowest BCUT2D eigenvalue weighted by Gasteiger charge is -2.09. The van der Waals surface area contributed by atoms with Gasteiger partial charge in [-0.1, -0.05) is 12.1 Å². The lowest BCUT2D eigenvalue weighted by Crippen LogP contribution is -2.25. The molecule has 0 spiro atoms. The Bertz CT molecular complexity index is 1030. The minimum absolute atomic E-state index is 0.0377. The fourth-order valence-corrected chi connectivity index (χ4v) is 3.29. The van der Waals surface area contributed by atoms with Crippen molar-refractivity contribution in [1.82, 2.24) is 15.1 Å². The van der Waals surface area contributed by atoms with Crippen molar-refractivity contribution in [3.63, 3.8) is 0 Å². The predicted octanol–water partition coefficient (Wildman–Crippen LogP) is 4.01. The Hall–Kier alpha value is -2.68. The van der Waals surface area contributed by atoms with E-state index in [-0.39, 0.29) is 11.5 Å². The third-order valence-electron chi connectivity index (χ3n) is 4.50. The van der Waals surface area contributed by atoms with Gasteiger partial charge >= 0.3 is 0 Å². The Labute approximate surface area is 189 Å². The first-order valence-corrected chi connectivity index (χ1v) is 11.0. The molecule has 0 bridgehead atoms. The summed E-state index contributed by atoms with van der Waals surface area (Å²) >= 11 is 2.25. The van der Waals surface area contributed by atoms with E-state index in [9.17, 15) is 9.59 Å². The maximum absolute atomic E-state index is 12.1. The van der Waals surface area contributed by atoms with Crippen LogP contribution in [-0.2, 0) is 17.9 Å². The summed E-state index contributed by atoms with van der Waals surface area (Å²) < 4.78 is 8.03. The molecule has 1 heterocycles. The third kappa shape index (κ3) is 6.41. The van der Waals surface area contributed by atoms with Crippen molar-refractivity contribution < 1.29 is 9.53 Å². The Morgan fingerprint density at radius 3 is 2.50 bits per heavy atom. The van der Waals surface area contributed by atoms with E-state index in [0.717, 1.165) is 20.4 Å². The monoisotopic (exact) mass is 517 g/mol. The van der Waals surface area contributed by atoms with Gasteiger partial charge in [-0.05, 0) is 84.0 Å². The number of amides is 1. The second-order valence-corrected chi connectivity index (χ2v) is 7.99. The summed E-state index contributed by atoms with van der Waals surface area (Å²) in [5.41, 5.74) is 2.50. The van der Waals surface area contributed by atoms with Gasteiger partial charge in [0, 0.05) is 34.7 Å². The summed E-state index contributed by atoms with van der Waals surface area (Å²) in [6.07, 6.45) is 0.879. The van der Waals surface area contributed by atoms with Crippen LogP contribution in [0.4, 0.5) is 0 Å². The lowest BCUT2D eigenvalue weighted by atomic mass is 10.1. The number of carbonyl (C=O) groups is 1. The molecule has 0 aliphatic carbocycles. The van der Waals surface area contributed by atoms with Crippen LogP contribution in [0.3, 0.4) is 0 Å². The van der Waals surface area contributed by atoms with Gasteiger partial charge in [0.1, 0.15) is 5.75 Å². The molecule has 0 unspecified atom stereocenters. The maximum atomic E-state index is 12.1. The summed E-state index contributed by atoms with van der Waals surface area (Å²) in [6, 6.07) is 18.8. The van der Waals surface area contributed by atoms with E-state index in [2.05, 4.69) is 33.0 Å². The van der Waals surface area contributed by atoms with E-state index in [0.29, 0.717) is 38.2 Å². The molecule has 0 radical (unpaired) electrons. The SMILES string of the molecule is CCOc1ccc(-c2ccc(=O)n(CCCC(=O)NCc3ccc(I)cc3)n2)cc1. The number of aryl methyl sites for hydroxylation is 1. The van der Waals surface area contributed by atoms with Crippen LogP contribution in [0.1, 0.15) is 25.3 Å². The molecule has 1 N–H and O–H groups in total. The lowest BCUT2D eigenvalue weighted by molar-refractivity contribution is -0.121. The predicted molar refractivity (Wildman–Crippen MR) is 125 cm³/mol. The number of carbonyl (C=O) groups excluding carboxylic acids is 1. The molecule has 0 saturated heterocycles. The fraction of sp³-hybridized carbons (Fsp3) is 0.261. The summed E-state index contributed by atoms with van der Waals surface area (Å²) in [6.45, 7) is 3.44. The third-order valence-corrected chi connectivity index (χ3v) is 5.22. The molecule has 0 aliphatic heterocycles. The van der Waals surface area contributed by atoms with Gasteiger partial charge in [-0.15, -0.1) is 0 Å². The molecule has 0 fully saturated rings. The summed E-state index contributed by atoms with van der Waals surface area (Å²) in [5, 5.41) is 7.36. The Morgan fingerprint density at radius 1 is 1.07 bits per heavy atom. The van der Waals surface area contributed by atoms with Gasteiger partial charge in [0.05, 0.1) is 12.3 Å². The minimum Gasteiger partial charge on any atom is -0.494 e. The van der Waals surface area contributed by atoms with Gasteiger partial charge in [-0.2, -0.15) is 5.10 Å². The van der Waals surface area contributed by atoms with Crippen molar-refractivity contribution in [1.29, 1.82) is 0 Å². The Balaban J connectivity index is 1.53. The molecule has 0 aliphatic rings. The zero-order valence-corrected chi connectivity index (χ0v) is 19.0. The van der Waals surface area contributed by atoms with Gasteiger partial charge < -0.3 is 10.1 Å². The van der Waals surface area contributed by atoms with E-state index >= 15 is 0 Å². The molecule has 0 atom stereocenters. The van der Waals surface area contributed by atoms with Crippen LogP contribution < -0.4 is 15.6 Å². The molecule has 3 aromatic rings. The van der Waals surface area contributed by atoms with Gasteiger partial charge in [0.2, 0.25) is 5.91 Å². The van der Waals surface area contributed by atoms with Crippen molar-refractivity contribution in [2.75, 3.05) is 6.61 Å². The van der Waals surface area contributed by atoms with Crippen LogP contribution in [0.5, 0.6) is 5.75 Å². The van der Waals surface area contributed by atoms with Crippen molar-refractivity contribution in [2.24, 2.45) is 0 Å². The van der Waals surface area contributed by atoms with E-state index in [1.165, 1.54) is 10.7 Å². The largest absolute Gasteiger partial charge is 0.494 e. The highest BCUT2D eigenvalue weighted by molar-refractivity contribution is 14.1. The molecule has 0 saturated carbocycles. The van der Waals surface area contributed by atoms with Gasteiger partial charge in [-0.3, -0.25) is 9.59 Å². The molecule has 1 amide bonds. The molecule has 7 heteroatoms. The molecule has 6 nitrogen and oxygen atoms in total. The van der Waals surface area contributed by atoms with Gasteiger partial charge in [-0.25, -0.2) is 4.68 Å². The van der Waals surface area contributed by atoms with Crippen molar-refractivity contribution in [2.45, 2.75) is 32.9 Å². The van der Waals surface area contributed by atoms with Crippen LogP contribution in [0, 0.1) is 3.57 Å². The Morgan fingerprint density at radius 2 is 1.80 bits per heavy atom. The van der Waals surface area contributed by atoms with Crippen LogP contribution in [0.15, 0.2) is 65.5 Å². The number of hydrogen-bond acceptors (Lipinski definition) is 4. The zero-order valence-electron chi connectivity index (χ0n) is 16.8. The topological polar surface area (TPSA) is 73.2 Å². The summed E-state index contributed by atoms with van der Waals surface area (Å²) in [5.74, 6) is 0.759. The quantitative estimate of drug-likeness (QED) is 0.436. The Kier molecular flexibility index (Phi) is 8.01. The number of aromatic nitrogens is 2. The number of benzene rings is 2. The van der Waals surface area contributed by atoms with Crippen molar-refractivity contribution >= 4 is 28.5 Å². The highest BCUT2D eigenvalue weighted by Gasteiger charge is 2.06. The van der Waals surface area contributed by atoms with Crippen molar-refractivity contribution in [3.8, 4) is 17.0 Å². The summed E-state index contributed by atoms with van der Waals surface area (Å²) in [4.78, 5) is 24.2. The number of halogens is 1. The average molecular weight is 517 g/mol. The smallest absolute Gasteiger partial charge is 0.266 e. The number of nitrogens with one attached hydrogen (secondary N) is 1. The number of rotatable bonds is 9. The second-order valence-electron chi connectivity index (χ2n) is 6.74. The highest BCUT2D eigenvalue weighted by Crippen LogP contribution is 2.19. The molecular weight excluding hydrogens is 493 g/mol.